The zero-order valence-corrected chi connectivity index (χ0v) is 17.7. The first-order valence-corrected chi connectivity index (χ1v) is 10.4. The standard InChI is InChI=1S/C22H24FN7O/c1-12-10-24-6-7-30(12)19-5-4-15(20-16(19)11-29(3)28-20)22(31)27-14-8-17(23)21-18(9-14)25-13(2)26-21/h4-5,8-9,11-12,18,24H,6-7,10H2,1-3H3,(H,27,31)/t12-,18?/m0/s1. The molecule has 2 atom stereocenters. The van der Waals surface area contributed by atoms with Crippen molar-refractivity contribution in [3.05, 3.63) is 47.6 Å². The lowest BCUT2D eigenvalue weighted by molar-refractivity contribution is 0.0968. The topological polar surface area (TPSA) is 86.9 Å². The van der Waals surface area contributed by atoms with Crippen molar-refractivity contribution in [2.24, 2.45) is 17.0 Å². The number of carbonyl (C=O) groups is 1. The maximum atomic E-state index is 14.4. The number of hydrogen-bond donors (Lipinski definition) is 2. The third-order valence-electron chi connectivity index (χ3n) is 5.83. The van der Waals surface area contributed by atoms with Crippen LogP contribution < -0.4 is 15.5 Å². The Hall–Kier alpha value is -3.33. The van der Waals surface area contributed by atoms with Gasteiger partial charge in [0.05, 0.1) is 5.56 Å². The number of rotatable bonds is 3. The average Bonchev–Trinajstić information content (AvgIpc) is 3.29. The summed E-state index contributed by atoms with van der Waals surface area (Å²) in [6, 6.07) is 3.61. The number of anilines is 1. The molecule has 0 saturated carbocycles. The summed E-state index contributed by atoms with van der Waals surface area (Å²) in [6.07, 6.45) is 4.94. The second-order valence-corrected chi connectivity index (χ2v) is 8.13. The minimum atomic E-state index is -0.494. The van der Waals surface area contributed by atoms with Gasteiger partial charge in [0.2, 0.25) is 0 Å². The highest BCUT2D eigenvalue weighted by Gasteiger charge is 2.28. The Bertz CT molecular complexity index is 1210. The normalized spacial score (nSPS) is 23.2. The van der Waals surface area contributed by atoms with Gasteiger partial charge in [0.15, 0.2) is 0 Å². The number of benzene rings is 1. The van der Waals surface area contributed by atoms with E-state index in [1.165, 1.54) is 6.08 Å². The van der Waals surface area contributed by atoms with E-state index in [1.807, 2.05) is 19.3 Å². The molecule has 2 aliphatic heterocycles. The van der Waals surface area contributed by atoms with Crippen LogP contribution in [0, 0.1) is 0 Å². The van der Waals surface area contributed by atoms with Crippen molar-refractivity contribution >= 4 is 34.0 Å². The van der Waals surface area contributed by atoms with Gasteiger partial charge >= 0.3 is 0 Å². The molecule has 1 amide bonds. The second-order valence-electron chi connectivity index (χ2n) is 8.13. The van der Waals surface area contributed by atoms with Gasteiger partial charge in [-0.2, -0.15) is 5.10 Å². The number of carbonyl (C=O) groups excluding carboxylic acids is 1. The molecular weight excluding hydrogens is 397 g/mol. The van der Waals surface area contributed by atoms with E-state index >= 15 is 0 Å². The Morgan fingerprint density at radius 1 is 1.35 bits per heavy atom. The van der Waals surface area contributed by atoms with Gasteiger partial charge in [0, 0.05) is 55.7 Å². The highest BCUT2D eigenvalue weighted by Crippen LogP contribution is 2.31. The van der Waals surface area contributed by atoms with Crippen molar-refractivity contribution in [1.82, 2.24) is 20.4 Å². The van der Waals surface area contributed by atoms with Gasteiger partial charge in [-0.15, -0.1) is 0 Å². The molecule has 0 spiro atoms. The van der Waals surface area contributed by atoms with E-state index in [9.17, 15) is 9.18 Å². The first-order valence-electron chi connectivity index (χ1n) is 10.4. The van der Waals surface area contributed by atoms with Crippen molar-refractivity contribution < 1.29 is 9.18 Å². The Balaban J connectivity index is 1.47. The van der Waals surface area contributed by atoms with Gasteiger partial charge in [-0.25, -0.2) is 9.38 Å². The fourth-order valence-electron chi connectivity index (χ4n) is 4.39. The van der Waals surface area contributed by atoms with Crippen LogP contribution in [0.2, 0.25) is 0 Å². The number of aryl methyl sites for hydroxylation is 1. The van der Waals surface area contributed by atoms with Crippen molar-refractivity contribution in [2.45, 2.75) is 25.9 Å². The van der Waals surface area contributed by atoms with E-state index in [0.717, 1.165) is 30.7 Å². The van der Waals surface area contributed by atoms with E-state index in [4.69, 9.17) is 0 Å². The summed E-state index contributed by atoms with van der Waals surface area (Å²) >= 11 is 0. The molecular formula is C22H24FN7O. The molecule has 3 aliphatic rings. The zero-order chi connectivity index (χ0) is 21.7. The van der Waals surface area contributed by atoms with Crippen LogP contribution in [0.3, 0.4) is 0 Å². The summed E-state index contributed by atoms with van der Waals surface area (Å²) in [5, 5.41) is 11.7. The summed E-state index contributed by atoms with van der Waals surface area (Å²) < 4.78 is 16.1. The summed E-state index contributed by atoms with van der Waals surface area (Å²) in [4.78, 5) is 23.9. The molecule has 9 heteroatoms. The minimum absolute atomic E-state index is 0.289. The third kappa shape index (κ3) is 3.44. The molecule has 3 heterocycles. The van der Waals surface area contributed by atoms with E-state index < -0.39 is 11.9 Å². The first-order chi connectivity index (χ1) is 14.9. The van der Waals surface area contributed by atoms with Gasteiger partial charge < -0.3 is 15.5 Å². The molecule has 1 aliphatic carbocycles. The number of hydrogen-bond acceptors (Lipinski definition) is 6. The maximum Gasteiger partial charge on any atom is 0.257 e. The quantitative estimate of drug-likeness (QED) is 0.795. The average molecular weight is 421 g/mol. The van der Waals surface area contributed by atoms with Crippen LogP contribution in [0.25, 0.3) is 10.9 Å². The predicted molar refractivity (Wildman–Crippen MR) is 119 cm³/mol. The van der Waals surface area contributed by atoms with Crippen LogP contribution in [-0.2, 0) is 7.05 Å². The lowest BCUT2D eigenvalue weighted by Crippen LogP contribution is -2.50. The zero-order valence-electron chi connectivity index (χ0n) is 17.7. The minimum Gasteiger partial charge on any atom is -0.366 e. The Labute approximate surface area is 179 Å². The van der Waals surface area contributed by atoms with E-state index in [0.29, 0.717) is 28.7 Å². The number of allylic oxidation sites excluding steroid dienone is 1. The molecule has 1 aromatic heterocycles. The Morgan fingerprint density at radius 2 is 2.19 bits per heavy atom. The predicted octanol–water partition coefficient (Wildman–Crippen LogP) is 2.09. The number of nitrogens with zero attached hydrogens (tertiary/aromatic N) is 5. The molecule has 1 saturated heterocycles. The number of amides is 1. The van der Waals surface area contributed by atoms with Crippen LogP contribution in [-0.4, -0.2) is 59.0 Å². The number of piperazine rings is 1. The van der Waals surface area contributed by atoms with Crippen molar-refractivity contribution in [3.8, 4) is 0 Å². The smallest absolute Gasteiger partial charge is 0.257 e. The number of aromatic nitrogens is 2. The van der Waals surface area contributed by atoms with Gasteiger partial charge in [-0.3, -0.25) is 14.5 Å². The lowest BCUT2D eigenvalue weighted by Gasteiger charge is -2.36. The number of aliphatic imine (C=N–C) groups is 2. The molecule has 8 nitrogen and oxygen atoms in total. The molecule has 1 aromatic carbocycles. The highest BCUT2D eigenvalue weighted by atomic mass is 19.1. The van der Waals surface area contributed by atoms with Gasteiger partial charge in [0.25, 0.3) is 5.91 Å². The molecule has 160 valence electrons. The van der Waals surface area contributed by atoms with Gasteiger partial charge in [0.1, 0.15) is 28.9 Å². The fraction of sp³-hybridized carbons (Fsp3) is 0.364. The number of amidine groups is 1. The van der Waals surface area contributed by atoms with Crippen molar-refractivity contribution in [3.63, 3.8) is 0 Å². The van der Waals surface area contributed by atoms with Crippen LogP contribution in [0.5, 0.6) is 0 Å². The number of halogens is 1. The summed E-state index contributed by atoms with van der Waals surface area (Å²) in [7, 11) is 1.84. The Morgan fingerprint density at radius 3 is 3.00 bits per heavy atom. The molecule has 2 N–H and O–H groups in total. The number of nitrogens with one attached hydrogen (secondary N) is 2. The van der Waals surface area contributed by atoms with E-state index in [1.54, 1.807) is 23.7 Å². The molecule has 0 radical (unpaired) electrons. The van der Waals surface area contributed by atoms with Crippen molar-refractivity contribution in [2.75, 3.05) is 24.5 Å². The second kappa shape index (κ2) is 7.42. The SMILES string of the molecule is CC1=NC2C=C(NC(=O)c3ccc(N4CCNC[C@@H]4C)c4cn(C)nc34)C=C(F)C2=N1. The monoisotopic (exact) mass is 421 g/mol. The fourth-order valence-corrected chi connectivity index (χ4v) is 4.39. The Kier molecular flexibility index (Phi) is 4.70. The molecule has 2 aromatic rings. The van der Waals surface area contributed by atoms with Crippen molar-refractivity contribution in [1.29, 1.82) is 0 Å². The largest absolute Gasteiger partial charge is 0.366 e. The van der Waals surface area contributed by atoms with Crippen LogP contribution >= 0.6 is 0 Å². The molecule has 5 rings (SSSR count). The molecule has 1 unspecified atom stereocenters. The van der Waals surface area contributed by atoms with Crippen LogP contribution in [0.15, 0.2) is 52.0 Å². The first kappa shape index (κ1) is 19.6. The lowest BCUT2D eigenvalue weighted by atomic mass is 10.0. The molecule has 0 bridgehead atoms. The summed E-state index contributed by atoms with van der Waals surface area (Å²) in [6.45, 7) is 6.61. The molecule has 31 heavy (non-hydrogen) atoms. The van der Waals surface area contributed by atoms with Gasteiger partial charge in [-0.05, 0) is 38.1 Å². The van der Waals surface area contributed by atoms with Crippen LogP contribution in [0.4, 0.5) is 10.1 Å². The highest BCUT2D eigenvalue weighted by molar-refractivity contribution is 6.15. The summed E-state index contributed by atoms with van der Waals surface area (Å²) in [5.74, 6) is -0.285. The summed E-state index contributed by atoms with van der Waals surface area (Å²) in [5.41, 5.74) is 2.79. The van der Waals surface area contributed by atoms with Gasteiger partial charge in [-0.1, -0.05) is 0 Å². The number of fused-ring (bicyclic) bond motifs is 2. The van der Waals surface area contributed by atoms with E-state index in [2.05, 4.69) is 37.5 Å². The van der Waals surface area contributed by atoms with E-state index in [-0.39, 0.29) is 11.6 Å². The third-order valence-corrected chi connectivity index (χ3v) is 5.83. The molecule has 1 fully saturated rings. The maximum absolute atomic E-state index is 14.4. The van der Waals surface area contributed by atoms with Crippen LogP contribution in [0.1, 0.15) is 24.2 Å².